The molecular formula is C16H17N7O. The van der Waals surface area contributed by atoms with Gasteiger partial charge in [-0.2, -0.15) is 0 Å². The Morgan fingerprint density at radius 1 is 1.17 bits per heavy atom. The largest absolute Gasteiger partial charge is 0.344 e. The van der Waals surface area contributed by atoms with Gasteiger partial charge in [-0.05, 0) is 26.0 Å². The number of nitrogens with zero attached hydrogens (tertiary/aromatic N) is 6. The van der Waals surface area contributed by atoms with Gasteiger partial charge in [-0.3, -0.25) is 19.7 Å². The highest BCUT2D eigenvalue weighted by Gasteiger charge is 2.15. The van der Waals surface area contributed by atoms with Crippen molar-refractivity contribution in [3.63, 3.8) is 0 Å². The lowest BCUT2D eigenvalue weighted by atomic mass is 10.1. The summed E-state index contributed by atoms with van der Waals surface area (Å²) >= 11 is 0. The predicted molar refractivity (Wildman–Crippen MR) is 86.0 cm³/mol. The van der Waals surface area contributed by atoms with E-state index in [1.165, 1.54) is 0 Å². The molecular weight excluding hydrogens is 306 g/mol. The molecule has 0 aliphatic carbocycles. The number of aromatic nitrogens is 6. The van der Waals surface area contributed by atoms with Gasteiger partial charge in [0.25, 0.3) is 5.91 Å². The number of carbonyl (C=O) groups excluding carboxylic acids is 1. The number of hydrogen-bond donors (Lipinski definition) is 1. The van der Waals surface area contributed by atoms with Crippen molar-refractivity contribution < 1.29 is 4.79 Å². The average molecular weight is 323 g/mol. The highest BCUT2D eigenvalue weighted by molar-refractivity contribution is 5.94. The highest BCUT2D eigenvalue weighted by Crippen LogP contribution is 2.13. The summed E-state index contributed by atoms with van der Waals surface area (Å²) < 4.78 is 1.79. The highest BCUT2D eigenvalue weighted by atomic mass is 16.1. The second-order valence-corrected chi connectivity index (χ2v) is 5.39. The van der Waals surface area contributed by atoms with Crippen molar-refractivity contribution in [2.24, 2.45) is 0 Å². The maximum Gasteiger partial charge on any atom is 0.251 e. The summed E-state index contributed by atoms with van der Waals surface area (Å²) in [5.74, 6) is -0.181. The Morgan fingerprint density at radius 2 is 1.92 bits per heavy atom. The monoisotopic (exact) mass is 323 g/mol. The molecule has 0 bridgehead atoms. The van der Waals surface area contributed by atoms with E-state index in [2.05, 4.69) is 30.5 Å². The van der Waals surface area contributed by atoms with Crippen LogP contribution in [0.15, 0.2) is 43.4 Å². The lowest BCUT2D eigenvalue weighted by molar-refractivity contribution is 0.0938. The van der Waals surface area contributed by atoms with Gasteiger partial charge >= 0.3 is 0 Å². The van der Waals surface area contributed by atoms with E-state index in [1.807, 2.05) is 13.8 Å². The molecule has 1 atom stereocenters. The zero-order chi connectivity index (χ0) is 16.9. The topological polar surface area (TPSA) is 98.5 Å². The van der Waals surface area contributed by atoms with Gasteiger partial charge in [0, 0.05) is 24.2 Å². The van der Waals surface area contributed by atoms with Crippen LogP contribution in [0.4, 0.5) is 0 Å². The minimum Gasteiger partial charge on any atom is -0.344 e. The van der Waals surface area contributed by atoms with E-state index in [0.717, 1.165) is 17.1 Å². The van der Waals surface area contributed by atoms with Gasteiger partial charge in [-0.1, -0.05) is 0 Å². The standard InChI is InChI=1S/C16H17N7O/c1-11-15(19-6-5-17-11)12(2)22-16(24)13-3-4-18-14(7-13)8-23-9-20-21-10-23/h3-7,9-10,12H,8H2,1-2H3,(H,22,24). The fourth-order valence-corrected chi connectivity index (χ4v) is 2.39. The van der Waals surface area contributed by atoms with E-state index in [9.17, 15) is 4.79 Å². The molecule has 1 N–H and O–H groups in total. The molecule has 8 nitrogen and oxygen atoms in total. The van der Waals surface area contributed by atoms with Crippen LogP contribution in [0.3, 0.4) is 0 Å². The molecule has 0 aromatic carbocycles. The van der Waals surface area contributed by atoms with E-state index in [1.54, 1.807) is 47.9 Å². The Bertz CT molecular complexity index is 832. The van der Waals surface area contributed by atoms with E-state index in [-0.39, 0.29) is 11.9 Å². The molecule has 0 fully saturated rings. The van der Waals surface area contributed by atoms with E-state index in [4.69, 9.17) is 0 Å². The molecule has 0 saturated heterocycles. The van der Waals surface area contributed by atoms with Crippen molar-refractivity contribution in [3.8, 4) is 0 Å². The first-order valence-corrected chi connectivity index (χ1v) is 7.49. The van der Waals surface area contributed by atoms with Gasteiger partial charge in [0.1, 0.15) is 12.7 Å². The summed E-state index contributed by atoms with van der Waals surface area (Å²) in [4.78, 5) is 25.2. The molecule has 24 heavy (non-hydrogen) atoms. The fourth-order valence-electron chi connectivity index (χ4n) is 2.39. The molecule has 0 aliphatic rings. The van der Waals surface area contributed by atoms with Crippen molar-refractivity contribution in [1.82, 2.24) is 35.0 Å². The molecule has 0 aliphatic heterocycles. The summed E-state index contributed by atoms with van der Waals surface area (Å²) in [5.41, 5.74) is 2.85. The van der Waals surface area contributed by atoms with Crippen molar-refractivity contribution in [2.45, 2.75) is 26.4 Å². The SMILES string of the molecule is Cc1nccnc1C(C)NC(=O)c1ccnc(Cn2cnnc2)c1. The first-order chi connectivity index (χ1) is 11.6. The summed E-state index contributed by atoms with van der Waals surface area (Å²) in [6.45, 7) is 4.26. The van der Waals surface area contributed by atoms with Gasteiger partial charge in [-0.15, -0.1) is 10.2 Å². The second kappa shape index (κ2) is 6.95. The Hall–Kier alpha value is -3.16. The van der Waals surface area contributed by atoms with Crippen LogP contribution in [-0.2, 0) is 6.54 Å². The number of carbonyl (C=O) groups is 1. The summed E-state index contributed by atoms with van der Waals surface area (Å²) in [5, 5.41) is 10.4. The van der Waals surface area contributed by atoms with Gasteiger partial charge in [0.15, 0.2) is 0 Å². The Labute approximate surface area is 139 Å². The number of rotatable bonds is 5. The predicted octanol–water partition coefficient (Wildman–Crippen LogP) is 1.31. The minimum atomic E-state index is -0.235. The number of aryl methyl sites for hydroxylation is 1. The van der Waals surface area contributed by atoms with Crippen LogP contribution in [0, 0.1) is 6.92 Å². The minimum absolute atomic E-state index is 0.181. The average Bonchev–Trinajstić information content (AvgIpc) is 3.08. The van der Waals surface area contributed by atoms with Crippen LogP contribution in [0.1, 0.15) is 40.4 Å². The molecule has 1 unspecified atom stereocenters. The quantitative estimate of drug-likeness (QED) is 0.760. The molecule has 3 aromatic heterocycles. The van der Waals surface area contributed by atoms with Crippen LogP contribution in [-0.4, -0.2) is 35.6 Å². The Balaban J connectivity index is 1.72. The van der Waals surface area contributed by atoms with Crippen molar-refractivity contribution in [1.29, 1.82) is 0 Å². The van der Waals surface area contributed by atoms with Gasteiger partial charge < -0.3 is 9.88 Å². The number of nitrogens with one attached hydrogen (secondary N) is 1. The third-order valence-corrected chi connectivity index (χ3v) is 3.57. The number of pyridine rings is 1. The molecule has 0 saturated carbocycles. The van der Waals surface area contributed by atoms with Crippen molar-refractivity contribution in [2.75, 3.05) is 0 Å². The van der Waals surface area contributed by atoms with Crippen LogP contribution in [0.2, 0.25) is 0 Å². The number of amides is 1. The van der Waals surface area contributed by atoms with E-state index >= 15 is 0 Å². The molecule has 0 radical (unpaired) electrons. The summed E-state index contributed by atoms with van der Waals surface area (Å²) in [6.07, 6.45) is 8.08. The molecule has 8 heteroatoms. The lowest BCUT2D eigenvalue weighted by Gasteiger charge is -2.15. The smallest absolute Gasteiger partial charge is 0.251 e. The maximum atomic E-state index is 12.5. The first kappa shape index (κ1) is 15.7. The zero-order valence-corrected chi connectivity index (χ0v) is 13.4. The normalized spacial score (nSPS) is 11.9. The van der Waals surface area contributed by atoms with Gasteiger partial charge in [0.2, 0.25) is 0 Å². The first-order valence-electron chi connectivity index (χ1n) is 7.49. The van der Waals surface area contributed by atoms with Gasteiger partial charge in [0.05, 0.1) is 29.7 Å². The molecule has 122 valence electrons. The second-order valence-electron chi connectivity index (χ2n) is 5.39. The molecule has 3 heterocycles. The third-order valence-electron chi connectivity index (χ3n) is 3.57. The van der Waals surface area contributed by atoms with Crippen LogP contribution < -0.4 is 5.32 Å². The molecule has 1 amide bonds. The van der Waals surface area contributed by atoms with Crippen LogP contribution in [0.5, 0.6) is 0 Å². The van der Waals surface area contributed by atoms with Crippen molar-refractivity contribution in [3.05, 3.63) is 66.0 Å². The molecule has 3 aromatic rings. The third kappa shape index (κ3) is 3.60. The summed E-state index contributed by atoms with van der Waals surface area (Å²) in [6, 6.07) is 3.20. The van der Waals surface area contributed by atoms with E-state index in [0.29, 0.717) is 12.1 Å². The molecule has 3 rings (SSSR count). The summed E-state index contributed by atoms with van der Waals surface area (Å²) in [7, 11) is 0. The maximum absolute atomic E-state index is 12.5. The Morgan fingerprint density at radius 3 is 2.67 bits per heavy atom. The lowest BCUT2D eigenvalue weighted by Crippen LogP contribution is -2.28. The van der Waals surface area contributed by atoms with Crippen molar-refractivity contribution >= 4 is 5.91 Å². The molecule has 0 spiro atoms. The van der Waals surface area contributed by atoms with E-state index < -0.39 is 0 Å². The number of hydrogen-bond acceptors (Lipinski definition) is 6. The van der Waals surface area contributed by atoms with Gasteiger partial charge in [-0.25, -0.2) is 0 Å². The fraction of sp³-hybridized carbons (Fsp3) is 0.250. The van der Waals surface area contributed by atoms with Crippen LogP contribution >= 0.6 is 0 Å². The Kier molecular flexibility index (Phi) is 4.55. The van der Waals surface area contributed by atoms with Crippen LogP contribution in [0.25, 0.3) is 0 Å². The zero-order valence-electron chi connectivity index (χ0n) is 13.4.